The van der Waals surface area contributed by atoms with Crippen LogP contribution in [0.1, 0.15) is 23.5 Å². The van der Waals surface area contributed by atoms with E-state index < -0.39 is 9.84 Å². The maximum absolute atomic E-state index is 12.0. The molecule has 27 heavy (non-hydrogen) atoms. The fourth-order valence-corrected chi connectivity index (χ4v) is 4.42. The number of imidazole rings is 1. The number of aromatic nitrogens is 2. The van der Waals surface area contributed by atoms with E-state index in [-0.39, 0.29) is 0 Å². The van der Waals surface area contributed by atoms with Gasteiger partial charge in [-0.1, -0.05) is 0 Å². The molecular weight excluding hydrogens is 360 g/mol. The lowest BCUT2D eigenvalue weighted by atomic mass is 10.1. The molecular formula is C21H22N2O3S. The normalized spacial score (nSPS) is 13.6. The standard InChI is InChI=1S/C21H22N2O3S/c1-14-21(15-7-9-17(26-2)10-8-15)23-19-12-11-18(27(3,24)25)13-16(19)5-4-6-20(23)22-14/h7-13H,4-6H2,1-3H3. The second-order valence-corrected chi connectivity index (χ2v) is 8.96. The summed E-state index contributed by atoms with van der Waals surface area (Å²) in [4.78, 5) is 5.18. The first kappa shape index (κ1) is 17.8. The first-order valence-electron chi connectivity index (χ1n) is 8.94. The average Bonchev–Trinajstić information content (AvgIpc) is 2.86. The number of fused-ring (bicyclic) bond motifs is 3. The molecule has 0 N–H and O–H groups in total. The quantitative estimate of drug-likeness (QED) is 0.692. The molecule has 0 amide bonds. The average molecular weight is 382 g/mol. The van der Waals surface area contributed by atoms with E-state index in [9.17, 15) is 8.42 Å². The fraction of sp³-hybridized carbons (Fsp3) is 0.286. The molecule has 6 heteroatoms. The lowest BCUT2D eigenvalue weighted by Crippen LogP contribution is -2.05. The van der Waals surface area contributed by atoms with Crippen molar-refractivity contribution in [2.45, 2.75) is 31.1 Å². The highest BCUT2D eigenvalue weighted by atomic mass is 32.2. The molecule has 0 aliphatic carbocycles. The van der Waals surface area contributed by atoms with E-state index in [2.05, 4.69) is 4.57 Å². The number of aryl methyl sites for hydroxylation is 3. The Bertz CT molecular complexity index is 1110. The van der Waals surface area contributed by atoms with Crippen molar-refractivity contribution >= 4 is 9.84 Å². The summed E-state index contributed by atoms with van der Waals surface area (Å²) in [6.45, 7) is 2.02. The summed E-state index contributed by atoms with van der Waals surface area (Å²) in [5.74, 6) is 1.83. The zero-order valence-corrected chi connectivity index (χ0v) is 16.5. The van der Waals surface area contributed by atoms with Crippen LogP contribution in [0.2, 0.25) is 0 Å². The highest BCUT2D eigenvalue weighted by Gasteiger charge is 2.23. The molecule has 3 aromatic rings. The predicted molar refractivity (Wildman–Crippen MR) is 105 cm³/mol. The molecule has 1 aliphatic rings. The van der Waals surface area contributed by atoms with Crippen molar-refractivity contribution in [3.05, 3.63) is 59.5 Å². The Labute approximate surface area is 159 Å². The van der Waals surface area contributed by atoms with Gasteiger partial charge in [0.05, 0.1) is 29.1 Å². The molecule has 1 aromatic heterocycles. The predicted octanol–water partition coefficient (Wildman–Crippen LogP) is 3.75. The molecule has 1 aliphatic heterocycles. The van der Waals surface area contributed by atoms with Crippen molar-refractivity contribution in [1.29, 1.82) is 0 Å². The van der Waals surface area contributed by atoms with Crippen molar-refractivity contribution in [1.82, 2.24) is 9.55 Å². The summed E-state index contributed by atoms with van der Waals surface area (Å²) in [6.07, 6.45) is 3.89. The molecule has 5 nitrogen and oxygen atoms in total. The Morgan fingerprint density at radius 1 is 1.07 bits per heavy atom. The minimum Gasteiger partial charge on any atom is -0.497 e. The van der Waals surface area contributed by atoms with Gasteiger partial charge in [-0.15, -0.1) is 0 Å². The van der Waals surface area contributed by atoms with Gasteiger partial charge in [0, 0.05) is 18.2 Å². The molecule has 0 spiro atoms. The molecule has 2 heterocycles. The summed E-state index contributed by atoms with van der Waals surface area (Å²) in [7, 11) is -1.58. The van der Waals surface area contributed by atoms with Gasteiger partial charge in [-0.2, -0.15) is 0 Å². The Kier molecular flexibility index (Phi) is 4.30. The van der Waals surface area contributed by atoms with Gasteiger partial charge in [-0.25, -0.2) is 13.4 Å². The van der Waals surface area contributed by atoms with E-state index in [0.29, 0.717) is 4.90 Å². The summed E-state index contributed by atoms with van der Waals surface area (Å²) in [6, 6.07) is 13.4. The van der Waals surface area contributed by atoms with Crippen LogP contribution in [0.4, 0.5) is 0 Å². The minimum atomic E-state index is -3.23. The van der Waals surface area contributed by atoms with Crippen LogP contribution < -0.4 is 4.74 Å². The number of ether oxygens (including phenoxy) is 1. The zero-order valence-electron chi connectivity index (χ0n) is 15.7. The monoisotopic (exact) mass is 382 g/mol. The number of rotatable bonds is 3. The van der Waals surface area contributed by atoms with Gasteiger partial charge in [-0.05, 0) is 67.8 Å². The second-order valence-electron chi connectivity index (χ2n) is 6.94. The van der Waals surface area contributed by atoms with E-state index in [0.717, 1.165) is 59.0 Å². The second kappa shape index (κ2) is 6.53. The molecule has 0 saturated carbocycles. The van der Waals surface area contributed by atoms with Crippen LogP contribution in [-0.4, -0.2) is 31.3 Å². The van der Waals surface area contributed by atoms with Crippen LogP contribution in [-0.2, 0) is 22.7 Å². The Morgan fingerprint density at radius 2 is 1.81 bits per heavy atom. The highest BCUT2D eigenvalue weighted by Crippen LogP contribution is 2.34. The maximum Gasteiger partial charge on any atom is 0.175 e. The van der Waals surface area contributed by atoms with E-state index >= 15 is 0 Å². The van der Waals surface area contributed by atoms with Crippen molar-refractivity contribution in [2.24, 2.45) is 0 Å². The molecule has 0 atom stereocenters. The third kappa shape index (κ3) is 3.14. The van der Waals surface area contributed by atoms with E-state index in [4.69, 9.17) is 9.72 Å². The number of hydrogen-bond donors (Lipinski definition) is 0. The Hall–Kier alpha value is -2.60. The van der Waals surface area contributed by atoms with Crippen LogP contribution in [0.5, 0.6) is 5.75 Å². The number of benzene rings is 2. The third-order valence-corrected chi connectivity index (χ3v) is 6.16. The minimum absolute atomic E-state index is 0.368. The third-order valence-electron chi connectivity index (χ3n) is 5.05. The molecule has 2 aromatic carbocycles. The lowest BCUT2D eigenvalue weighted by molar-refractivity contribution is 0.415. The number of hydrogen-bond acceptors (Lipinski definition) is 4. The Balaban J connectivity index is 1.93. The first-order valence-corrected chi connectivity index (χ1v) is 10.8. The van der Waals surface area contributed by atoms with Crippen molar-refractivity contribution in [2.75, 3.05) is 13.4 Å². The van der Waals surface area contributed by atoms with Crippen LogP contribution in [0.25, 0.3) is 16.9 Å². The molecule has 0 unspecified atom stereocenters. The molecule has 0 fully saturated rings. The van der Waals surface area contributed by atoms with Crippen LogP contribution in [0, 0.1) is 6.92 Å². The summed E-state index contributed by atoms with van der Waals surface area (Å²) in [5, 5.41) is 0. The van der Waals surface area contributed by atoms with E-state index in [1.165, 1.54) is 6.26 Å². The van der Waals surface area contributed by atoms with Crippen LogP contribution in [0.3, 0.4) is 0 Å². The van der Waals surface area contributed by atoms with Crippen molar-refractivity contribution < 1.29 is 13.2 Å². The van der Waals surface area contributed by atoms with Crippen molar-refractivity contribution in [3.8, 4) is 22.7 Å². The van der Waals surface area contributed by atoms with Gasteiger partial charge in [0.15, 0.2) is 9.84 Å². The SMILES string of the molecule is COc1ccc(-c2c(C)nc3n2-c2ccc(S(C)(=O)=O)cc2CCC3)cc1. The maximum atomic E-state index is 12.0. The van der Waals surface area contributed by atoms with Crippen molar-refractivity contribution in [3.63, 3.8) is 0 Å². The lowest BCUT2D eigenvalue weighted by Gasteiger charge is -2.15. The molecule has 0 radical (unpaired) electrons. The van der Waals surface area contributed by atoms with Gasteiger partial charge in [0.25, 0.3) is 0 Å². The largest absolute Gasteiger partial charge is 0.497 e. The number of methoxy groups -OCH3 is 1. The van der Waals surface area contributed by atoms with Gasteiger partial charge in [0.2, 0.25) is 0 Å². The first-order chi connectivity index (χ1) is 12.9. The summed E-state index contributed by atoms with van der Waals surface area (Å²) in [5.41, 5.74) is 5.13. The van der Waals surface area contributed by atoms with Gasteiger partial charge < -0.3 is 4.74 Å². The molecule has 140 valence electrons. The van der Waals surface area contributed by atoms with Gasteiger partial charge in [-0.3, -0.25) is 4.57 Å². The van der Waals surface area contributed by atoms with E-state index in [1.807, 2.05) is 43.3 Å². The molecule has 0 saturated heterocycles. The smallest absolute Gasteiger partial charge is 0.175 e. The van der Waals surface area contributed by atoms with Crippen LogP contribution >= 0.6 is 0 Å². The number of nitrogens with zero attached hydrogens (tertiary/aromatic N) is 2. The zero-order chi connectivity index (χ0) is 19.2. The highest BCUT2D eigenvalue weighted by molar-refractivity contribution is 7.90. The molecule has 4 rings (SSSR count). The fourth-order valence-electron chi connectivity index (χ4n) is 3.75. The number of sulfone groups is 1. The topological polar surface area (TPSA) is 61.2 Å². The molecule has 0 bridgehead atoms. The van der Waals surface area contributed by atoms with E-state index in [1.54, 1.807) is 13.2 Å². The summed E-state index contributed by atoms with van der Waals surface area (Å²) >= 11 is 0. The van der Waals surface area contributed by atoms with Crippen LogP contribution in [0.15, 0.2) is 47.4 Å². The Morgan fingerprint density at radius 3 is 2.48 bits per heavy atom. The van der Waals surface area contributed by atoms with Gasteiger partial charge in [0.1, 0.15) is 11.6 Å². The van der Waals surface area contributed by atoms with Gasteiger partial charge >= 0.3 is 0 Å². The summed E-state index contributed by atoms with van der Waals surface area (Å²) < 4.78 is 31.4.